The van der Waals surface area contributed by atoms with E-state index in [1.165, 1.54) is 4.68 Å². The smallest absolute Gasteiger partial charge is 0.322 e. The Morgan fingerprint density at radius 3 is 2.29 bits per heavy atom. The highest BCUT2D eigenvalue weighted by molar-refractivity contribution is 7.85. The van der Waals surface area contributed by atoms with Crippen molar-refractivity contribution in [1.29, 1.82) is 0 Å². The maximum Gasteiger partial charge on any atom is 0.322 e. The number of aryl methyl sites for hydroxylation is 3. The van der Waals surface area contributed by atoms with Crippen LogP contribution in [0.3, 0.4) is 0 Å². The minimum atomic E-state index is -4.57. The molecule has 0 aliphatic rings. The van der Waals surface area contributed by atoms with E-state index in [9.17, 15) is 13.0 Å². The molecule has 0 saturated carbocycles. The average molecular weight is 513 g/mol. The molecule has 11 heteroatoms. The van der Waals surface area contributed by atoms with Gasteiger partial charge in [-0.3, -0.25) is 16.3 Å². The van der Waals surface area contributed by atoms with Gasteiger partial charge < -0.3 is 4.55 Å². The van der Waals surface area contributed by atoms with Crippen LogP contribution in [0.25, 0.3) is 22.5 Å². The first-order chi connectivity index (χ1) is 16.4. The van der Waals surface area contributed by atoms with Gasteiger partial charge in [-0.1, -0.05) is 35.9 Å². The molecule has 0 bridgehead atoms. The molecule has 4 aromatic rings. The van der Waals surface area contributed by atoms with Crippen molar-refractivity contribution in [2.75, 3.05) is 11.6 Å². The predicted octanol–water partition coefficient (Wildman–Crippen LogP) is 2.81. The van der Waals surface area contributed by atoms with Gasteiger partial charge >= 0.3 is 5.82 Å². The summed E-state index contributed by atoms with van der Waals surface area (Å²) >= 11 is 6.03. The number of benzene rings is 2. The first kappa shape index (κ1) is 24.6. The summed E-state index contributed by atoms with van der Waals surface area (Å²) in [5.41, 5.74) is 12.1. The van der Waals surface area contributed by atoms with Crippen molar-refractivity contribution < 1.29 is 17.6 Å². The summed E-state index contributed by atoms with van der Waals surface area (Å²) in [6, 6.07) is 10.6. The molecule has 0 unspecified atom stereocenters. The number of nitrogens with zero attached hydrogens (tertiary/aromatic N) is 4. The predicted molar refractivity (Wildman–Crippen MR) is 133 cm³/mol. The maximum absolute atomic E-state index is 11.7. The van der Waals surface area contributed by atoms with Crippen LogP contribution in [0.2, 0.25) is 5.02 Å². The van der Waals surface area contributed by atoms with E-state index >= 15 is 0 Å². The van der Waals surface area contributed by atoms with Gasteiger partial charge in [-0.15, -0.1) is 4.68 Å². The van der Waals surface area contributed by atoms with Crippen molar-refractivity contribution in [3.63, 3.8) is 0 Å². The van der Waals surface area contributed by atoms with E-state index in [1.54, 1.807) is 49.0 Å². The summed E-state index contributed by atoms with van der Waals surface area (Å²) in [7, 11) is -2.75. The van der Waals surface area contributed by atoms with Gasteiger partial charge in [-0.25, -0.2) is 13.4 Å². The standard InChI is InChI=1S/C24H25ClN6O3S/c1-13-9-16(10-14(2)23(13)35(32,33)34)11-19-21(15(3)30(4)29-19)22-24(26)31(27)12-20(28-22)17-5-7-18(25)8-6-17/h5-10,12,26H,11,27H2,1-4H3,(H,32,33,34). The van der Waals surface area contributed by atoms with E-state index in [0.29, 0.717) is 39.7 Å². The molecule has 0 atom stereocenters. The van der Waals surface area contributed by atoms with Crippen LogP contribution in [0.4, 0.5) is 5.82 Å². The van der Waals surface area contributed by atoms with E-state index in [2.05, 4.69) is 5.10 Å². The summed E-state index contributed by atoms with van der Waals surface area (Å²) in [6.07, 6.45) is 2.01. The Balaban J connectivity index is 1.85. The summed E-state index contributed by atoms with van der Waals surface area (Å²) in [4.78, 5) is 4.63. The second kappa shape index (κ2) is 8.95. The molecule has 9 nitrogen and oxygen atoms in total. The Kier molecular flexibility index (Phi) is 6.31. The summed E-state index contributed by atoms with van der Waals surface area (Å²) < 4.78 is 38.0. The Labute approximate surface area is 208 Å². The lowest BCUT2D eigenvalue weighted by atomic mass is 9.99. The van der Waals surface area contributed by atoms with Crippen molar-refractivity contribution in [2.45, 2.75) is 32.1 Å². The summed E-state index contributed by atoms with van der Waals surface area (Å²) in [6.45, 7) is 5.13. The van der Waals surface area contributed by atoms with Crippen LogP contribution in [-0.4, -0.2) is 27.7 Å². The fraction of sp³-hybridized carbons (Fsp3) is 0.208. The van der Waals surface area contributed by atoms with Gasteiger partial charge in [-0.2, -0.15) is 5.10 Å². The van der Waals surface area contributed by atoms with E-state index < -0.39 is 10.1 Å². The van der Waals surface area contributed by atoms with E-state index in [4.69, 9.17) is 28.2 Å². The summed E-state index contributed by atoms with van der Waals surface area (Å²) in [5, 5.41) is 5.28. The minimum Gasteiger partial charge on any atom is -0.744 e. The molecule has 0 fully saturated rings. The van der Waals surface area contributed by atoms with Gasteiger partial charge in [0.1, 0.15) is 22.0 Å². The largest absolute Gasteiger partial charge is 0.744 e. The van der Waals surface area contributed by atoms with Crippen LogP contribution in [-0.2, 0) is 23.6 Å². The van der Waals surface area contributed by atoms with Crippen LogP contribution < -0.4 is 16.3 Å². The second-order valence-corrected chi connectivity index (χ2v) is 10.2. The normalized spacial score (nSPS) is 11.7. The van der Waals surface area contributed by atoms with Gasteiger partial charge in [0.15, 0.2) is 5.69 Å². The molecule has 0 amide bonds. The van der Waals surface area contributed by atoms with Gasteiger partial charge in [0, 0.05) is 29.7 Å². The number of halogens is 1. The topological polar surface area (TPSA) is 144 Å². The second-order valence-electron chi connectivity index (χ2n) is 8.49. The maximum atomic E-state index is 11.7. The fourth-order valence-electron chi connectivity index (χ4n) is 4.31. The van der Waals surface area contributed by atoms with Crippen LogP contribution in [0.5, 0.6) is 0 Å². The molecule has 4 rings (SSSR count). The highest BCUT2D eigenvalue weighted by Gasteiger charge is 2.25. The Morgan fingerprint density at radius 1 is 1.11 bits per heavy atom. The van der Waals surface area contributed by atoms with Crippen molar-refractivity contribution >= 4 is 27.5 Å². The Morgan fingerprint density at radius 2 is 1.71 bits per heavy atom. The molecule has 0 aliphatic carbocycles. The average Bonchev–Trinajstić information content (AvgIpc) is 3.02. The molecule has 2 aromatic heterocycles. The minimum absolute atomic E-state index is 0.190. The zero-order valence-electron chi connectivity index (χ0n) is 19.7. The fourth-order valence-corrected chi connectivity index (χ4v) is 5.34. The number of nitrogens with two attached hydrogens (primary N) is 2. The number of nitrogen functional groups attached to an aromatic ring is 2. The zero-order chi connectivity index (χ0) is 25.7. The molecule has 0 saturated heterocycles. The molecule has 0 spiro atoms. The zero-order valence-corrected chi connectivity index (χ0v) is 21.3. The van der Waals surface area contributed by atoms with Crippen molar-refractivity contribution in [3.05, 3.63) is 75.7 Å². The van der Waals surface area contributed by atoms with Crippen LogP contribution in [0.15, 0.2) is 47.5 Å². The first-order valence-electron chi connectivity index (χ1n) is 10.7. The monoisotopic (exact) mass is 512 g/mol. The SMILES string of the molecule is Cc1cc(Cc2nn(C)c(C)c2-c2nc(-c3ccc(Cl)cc3)c[n+](N)c2N)cc(C)c1S(=O)(=O)[O-]. The molecule has 2 heterocycles. The van der Waals surface area contributed by atoms with E-state index in [-0.39, 0.29) is 10.7 Å². The van der Waals surface area contributed by atoms with Gasteiger partial charge in [0.2, 0.25) is 0 Å². The molecular weight excluding hydrogens is 488 g/mol. The molecule has 35 heavy (non-hydrogen) atoms. The highest BCUT2D eigenvalue weighted by atomic mass is 35.5. The highest BCUT2D eigenvalue weighted by Crippen LogP contribution is 2.32. The Hall–Kier alpha value is -3.47. The molecule has 0 aliphatic heterocycles. The lowest BCUT2D eigenvalue weighted by molar-refractivity contribution is -0.623. The molecule has 2 aromatic carbocycles. The van der Waals surface area contributed by atoms with Crippen molar-refractivity contribution in [3.8, 4) is 22.5 Å². The van der Waals surface area contributed by atoms with Gasteiger partial charge in [-0.05, 0) is 49.6 Å². The third-order valence-electron chi connectivity index (χ3n) is 5.94. The van der Waals surface area contributed by atoms with Crippen molar-refractivity contribution in [1.82, 2.24) is 14.8 Å². The molecular formula is C24H25ClN6O3S. The van der Waals surface area contributed by atoms with E-state index in [0.717, 1.165) is 22.4 Å². The third-order valence-corrected chi connectivity index (χ3v) is 7.34. The van der Waals surface area contributed by atoms with Crippen LogP contribution in [0, 0.1) is 20.8 Å². The number of hydrogen-bond acceptors (Lipinski definition) is 7. The lowest BCUT2D eigenvalue weighted by Gasteiger charge is -2.15. The third kappa shape index (κ3) is 4.72. The van der Waals surface area contributed by atoms with Crippen LogP contribution >= 0.6 is 11.6 Å². The number of anilines is 1. The number of aromatic nitrogens is 4. The number of rotatable bonds is 5. The molecule has 4 N–H and O–H groups in total. The van der Waals surface area contributed by atoms with Gasteiger partial charge in [0.05, 0.1) is 16.2 Å². The first-order valence-corrected chi connectivity index (χ1v) is 12.5. The summed E-state index contributed by atoms with van der Waals surface area (Å²) in [5.74, 6) is 6.46. The quantitative estimate of drug-likeness (QED) is 0.237. The molecule has 182 valence electrons. The van der Waals surface area contributed by atoms with Gasteiger partial charge in [0.25, 0.3) is 0 Å². The van der Waals surface area contributed by atoms with Crippen LogP contribution in [0.1, 0.15) is 28.1 Å². The number of hydrogen-bond donors (Lipinski definition) is 2. The molecule has 0 radical (unpaired) electrons. The van der Waals surface area contributed by atoms with Crippen molar-refractivity contribution in [2.24, 2.45) is 7.05 Å². The van der Waals surface area contributed by atoms with E-state index in [1.807, 2.05) is 26.1 Å². The lowest BCUT2D eigenvalue weighted by Crippen LogP contribution is -2.47. The Bertz CT molecular complexity index is 1540.